The van der Waals surface area contributed by atoms with Crippen LogP contribution in [-0.4, -0.2) is 27.8 Å². The Hall–Kier alpha value is -0.590. The third kappa shape index (κ3) is 5.07. The van der Waals surface area contributed by atoms with Crippen molar-refractivity contribution in [2.45, 2.75) is 62.7 Å². The predicted octanol–water partition coefficient (Wildman–Crippen LogP) is 3.17. The number of thiazole rings is 1. The summed E-state index contributed by atoms with van der Waals surface area (Å²) in [4.78, 5) is 17.9. The molecule has 1 rings (SSSR count). The Kier molecular flexibility index (Phi) is 5.63. The number of rotatable bonds is 5. The van der Waals surface area contributed by atoms with Gasteiger partial charge in [-0.15, -0.1) is 11.3 Å². The number of hydrogen-bond donors (Lipinski definition) is 1. The molecule has 0 atom stereocenters. The average Bonchev–Trinajstić information content (AvgIpc) is 2.56. The van der Waals surface area contributed by atoms with Crippen LogP contribution in [0.3, 0.4) is 0 Å². The van der Waals surface area contributed by atoms with E-state index in [0.717, 1.165) is 21.3 Å². The van der Waals surface area contributed by atoms with E-state index in [1.165, 1.54) is 11.8 Å². The fraction of sp³-hybridized carbons (Fsp3) is 0.714. The van der Waals surface area contributed by atoms with Crippen molar-refractivity contribution in [2.24, 2.45) is 5.73 Å². The lowest BCUT2D eigenvalue weighted by molar-refractivity contribution is -0.156. The van der Waals surface area contributed by atoms with Crippen molar-refractivity contribution in [2.75, 3.05) is 6.54 Å². The second kappa shape index (κ2) is 6.45. The zero-order valence-corrected chi connectivity index (χ0v) is 14.7. The van der Waals surface area contributed by atoms with Crippen molar-refractivity contribution >= 4 is 29.1 Å². The number of carbonyl (C=O) groups excluding carboxylic acids is 1. The molecule has 0 radical (unpaired) electrons. The van der Waals surface area contributed by atoms with Crippen LogP contribution in [0.5, 0.6) is 0 Å². The summed E-state index contributed by atoms with van der Waals surface area (Å²) in [7, 11) is 0. The summed E-state index contributed by atoms with van der Waals surface area (Å²) < 4.78 is 5.69. The number of thioether (sulfide) groups is 1. The fourth-order valence-electron chi connectivity index (χ4n) is 1.47. The first-order valence-electron chi connectivity index (χ1n) is 6.64. The molecule has 0 aliphatic carbocycles. The first-order chi connectivity index (χ1) is 9.05. The normalized spacial score (nSPS) is 12.6. The van der Waals surface area contributed by atoms with Crippen molar-refractivity contribution in [3.63, 3.8) is 0 Å². The number of nitrogens with zero attached hydrogens (tertiary/aromatic N) is 1. The number of aryl methyl sites for hydroxylation is 1. The zero-order valence-electron chi connectivity index (χ0n) is 13.1. The van der Waals surface area contributed by atoms with Crippen molar-refractivity contribution in [3.8, 4) is 0 Å². The summed E-state index contributed by atoms with van der Waals surface area (Å²) in [5.74, 6) is -0.219. The lowest BCUT2D eigenvalue weighted by atomic mass is 10.1. The van der Waals surface area contributed by atoms with E-state index >= 15 is 0 Å². The van der Waals surface area contributed by atoms with Gasteiger partial charge in [-0.1, -0.05) is 11.8 Å². The van der Waals surface area contributed by atoms with Gasteiger partial charge in [0.1, 0.15) is 10.3 Å². The van der Waals surface area contributed by atoms with Crippen LogP contribution >= 0.6 is 23.1 Å². The van der Waals surface area contributed by atoms with E-state index < -0.39 is 10.3 Å². The summed E-state index contributed by atoms with van der Waals surface area (Å²) >= 11 is 3.05. The molecular weight excluding hydrogens is 292 g/mol. The summed E-state index contributed by atoms with van der Waals surface area (Å²) in [5.41, 5.74) is 6.12. The van der Waals surface area contributed by atoms with Crippen molar-refractivity contribution in [3.05, 3.63) is 10.6 Å². The van der Waals surface area contributed by atoms with Crippen LogP contribution in [0.15, 0.2) is 4.34 Å². The van der Waals surface area contributed by atoms with E-state index in [4.69, 9.17) is 10.5 Å². The van der Waals surface area contributed by atoms with Gasteiger partial charge in [-0.3, -0.25) is 4.79 Å². The SMILES string of the molecule is Cc1sc(SC(C)(C)C(=O)OC(C)(C)C)nc1CCN. The average molecular weight is 316 g/mol. The van der Waals surface area contributed by atoms with Crippen molar-refractivity contribution in [1.82, 2.24) is 4.98 Å². The van der Waals surface area contributed by atoms with E-state index in [-0.39, 0.29) is 5.97 Å². The van der Waals surface area contributed by atoms with Crippen LogP contribution in [-0.2, 0) is 16.0 Å². The topological polar surface area (TPSA) is 65.2 Å². The Morgan fingerprint density at radius 3 is 2.45 bits per heavy atom. The molecule has 0 saturated carbocycles. The van der Waals surface area contributed by atoms with Crippen LogP contribution in [0.25, 0.3) is 0 Å². The quantitative estimate of drug-likeness (QED) is 0.667. The molecule has 0 amide bonds. The molecule has 114 valence electrons. The fourth-order valence-corrected chi connectivity index (χ4v) is 4.04. The standard InChI is InChI=1S/C14H24N2O2S2/c1-9-10(7-8-15)16-12(19-9)20-14(5,6)11(17)18-13(2,3)4/h7-8,15H2,1-6H3. The number of esters is 1. The monoisotopic (exact) mass is 316 g/mol. The summed E-state index contributed by atoms with van der Waals surface area (Å²) in [6, 6.07) is 0. The van der Waals surface area contributed by atoms with Gasteiger partial charge in [-0.05, 0) is 48.1 Å². The molecule has 0 aliphatic heterocycles. The zero-order chi connectivity index (χ0) is 15.6. The largest absolute Gasteiger partial charge is 0.459 e. The molecule has 0 spiro atoms. The molecule has 0 unspecified atom stereocenters. The molecule has 0 aliphatic rings. The molecule has 0 aromatic carbocycles. The molecule has 1 aromatic heterocycles. The summed E-state index contributed by atoms with van der Waals surface area (Å²) in [6.45, 7) is 12.0. The van der Waals surface area contributed by atoms with E-state index in [2.05, 4.69) is 4.98 Å². The number of aromatic nitrogens is 1. The highest BCUT2D eigenvalue weighted by Gasteiger charge is 2.34. The highest BCUT2D eigenvalue weighted by molar-refractivity contribution is 8.03. The number of carbonyl (C=O) groups is 1. The summed E-state index contributed by atoms with van der Waals surface area (Å²) in [6.07, 6.45) is 0.774. The molecule has 0 saturated heterocycles. The Balaban J connectivity index is 2.80. The molecule has 0 fully saturated rings. The highest BCUT2D eigenvalue weighted by Crippen LogP contribution is 2.37. The minimum absolute atomic E-state index is 0.219. The minimum atomic E-state index is -0.655. The third-order valence-electron chi connectivity index (χ3n) is 2.49. The Morgan fingerprint density at radius 2 is 1.95 bits per heavy atom. The van der Waals surface area contributed by atoms with Crippen LogP contribution < -0.4 is 5.73 Å². The molecule has 20 heavy (non-hydrogen) atoms. The van der Waals surface area contributed by atoms with Gasteiger partial charge in [0, 0.05) is 11.3 Å². The van der Waals surface area contributed by atoms with Crippen LogP contribution in [0.2, 0.25) is 0 Å². The maximum absolute atomic E-state index is 12.2. The second-order valence-corrected chi connectivity index (χ2v) is 9.21. The summed E-state index contributed by atoms with van der Waals surface area (Å²) in [5, 5.41) is 0. The molecule has 4 nitrogen and oxygen atoms in total. The van der Waals surface area contributed by atoms with E-state index in [0.29, 0.717) is 6.54 Å². The minimum Gasteiger partial charge on any atom is -0.459 e. The van der Waals surface area contributed by atoms with Crippen LogP contribution in [0, 0.1) is 6.92 Å². The van der Waals surface area contributed by atoms with Gasteiger partial charge in [-0.2, -0.15) is 0 Å². The molecular formula is C14H24N2O2S2. The maximum atomic E-state index is 12.2. The Bertz CT molecular complexity index is 476. The highest BCUT2D eigenvalue weighted by atomic mass is 32.2. The molecule has 1 aromatic rings. The van der Waals surface area contributed by atoms with Crippen molar-refractivity contribution in [1.29, 1.82) is 0 Å². The second-order valence-electron chi connectivity index (χ2n) is 6.14. The van der Waals surface area contributed by atoms with Crippen molar-refractivity contribution < 1.29 is 9.53 Å². The predicted molar refractivity (Wildman–Crippen MR) is 85.4 cm³/mol. The molecule has 6 heteroatoms. The molecule has 2 N–H and O–H groups in total. The van der Waals surface area contributed by atoms with Gasteiger partial charge in [0.05, 0.1) is 5.69 Å². The van der Waals surface area contributed by atoms with E-state index in [9.17, 15) is 4.79 Å². The molecule has 1 heterocycles. The number of ether oxygens (including phenoxy) is 1. The Morgan fingerprint density at radius 1 is 1.35 bits per heavy atom. The van der Waals surface area contributed by atoms with E-state index in [1.54, 1.807) is 11.3 Å². The Labute approximate surface area is 129 Å². The molecule has 0 bridgehead atoms. The van der Waals surface area contributed by atoms with Gasteiger partial charge < -0.3 is 10.5 Å². The maximum Gasteiger partial charge on any atom is 0.322 e. The van der Waals surface area contributed by atoms with Gasteiger partial charge in [0.15, 0.2) is 4.34 Å². The number of hydrogen-bond acceptors (Lipinski definition) is 6. The lowest BCUT2D eigenvalue weighted by Gasteiger charge is -2.27. The third-order valence-corrected chi connectivity index (χ3v) is 4.74. The number of nitrogens with two attached hydrogens (primary N) is 1. The first kappa shape index (κ1) is 17.5. The van der Waals surface area contributed by atoms with Crippen LogP contribution in [0.4, 0.5) is 0 Å². The van der Waals surface area contributed by atoms with Gasteiger partial charge in [-0.25, -0.2) is 4.98 Å². The van der Waals surface area contributed by atoms with Crippen LogP contribution in [0.1, 0.15) is 45.2 Å². The van der Waals surface area contributed by atoms with Gasteiger partial charge in [0.2, 0.25) is 0 Å². The van der Waals surface area contributed by atoms with Gasteiger partial charge in [0.25, 0.3) is 0 Å². The lowest BCUT2D eigenvalue weighted by Crippen LogP contribution is -2.36. The van der Waals surface area contributed by atoms with Gasteiger partial charge >= 0.3 is 5.97 Å². The van der Waals surface area contributed by atoms with E-state index in [1.807, 2.05) is 41.5 Å². The smallest absolute Gasteiger partial charge is 0.322 e. The first-order valence-corrected chi connectivity index (χ1v) is 8.27.